The minimum absolute atomic E-state index is 0.251. The Hall–Kier alpha value is -1.09. The molecule has 2 rings (SSSR count). The number of carbonyl (C=O) groups is 1. The molecule has 1 aliphatic rings. The molecule has 3 heteroatoms. The van der Waals surface area contributed by atoms with Gasteiger partial charge in [0.1, 0.15) is 18.2 Å². The lowest BCUT2D eigenvalue weighted by Crippen LogP contribution is -2.09. The van der Waals surface area contributed by atoms with Crippen LogP contribution in [-0.4, -0.2) is 12.4 Å². The summed E-state index contributed by atoms with van der Waals surface area (Å²) < 4.78 is 10.6. The molecule has 0 amide bonds. The number of carbonyl (C=O) groups excluding carboxylic acids is 1. The zero-order valence-corrected chi connectivity index (χ0v) is 8.78. The largest absolute Gasteiger partial charge is 0.467 e. The summed E-state index contributed by atoms with van der Waals surface area (Å²) >= 11 is 0. The second kappa shape index (κ2) is 5.12. The van der Waals surface area contributed by atoms with Crippen molar-refractivity contribution >= 4 is 5.78 Å². The number of furan rings is 1. The standard InChI is InChI=1S/C12H16O3/c13-12-5-1-3-10(12)6-8-14-9-11-4-2-7-15-11/h2,4,7,10H,1,3,5-6,8-9H2. The van der Waals surface area contributed by atoms with Crippen molar-refractivity contribution in [1.29, 1.82) is 0 Å². The molecule has 0 spiro atoms. The highest BCUT2D eigenvalue weighted by molar-refractivity contribution is 5.82. The van der Waals surface area contributed by atoms with E-state index in [0.717, 1.165) is 31.4 Å². The van der Waals surface area contributed by atoms with Crippen LogP contribution in [0.1, 0.15) is 31.4 Å². The van der Waals surface area contributed by atoms with Crippen molar-refractivity contribution in [3.8, 4) is 0 Å². The van der Waals surface area contributed by atoms with E-state index in [1.165, 1.54) is 0 Å². The zero-order valence-electron chi connectivity index (χ0n) is 8.78. The van der Waals surface area contributed by atoms with Gasteiger partial charge in [0.15, 0.2) is 0 Å². The molecule has 1 saturated carbocycles. The quantitative estimate of drug-likeness (QED) is 0.698. The molecule has 1 heterocycles. The molecule has 0 radical (unpaired) electrons. The molecular formula is C12H16O3. The minimum Gasteiger partial charge on any atom is -0.467 e. The minimum atomic E-state index is 0.251. The third-order valence-electron chi connectivity index (χ3n) is 2.87. The van der Waals surface area contributed by atoms with Crippen molar-refractivity contribution in [1.82, 2.24) is 0 Å². The van der Waals surface area contributed by atoms with Gasteiger partial charge >= 0.3 is 0 Å². The maximum Gasteiger partial charge on any atom is 0.136 e. The van der Waals surface area contributed by atoms with Gasteiger partial charge in [0.2, 0.25) is 0 Å². The summed E-state index contributed by atoms with van der Waals surface area (Å²) in [6.45, 7) is 1.16. The van der Waals surface area contributed by atoms with Gasteiger partial charge in [-0.3, -0.25) is 4.79 Å². The van der Waals surface area contributed by atoms with Crippen LogP contribution in [0.4, 0.5) is 0 Å². The number of rotatable bonds is 5. The van der Waals surface area contributed by atoms with Crippen LogP contribution in [0.5, 0.6) is 0 Å². The van der Waals surface area contributed by atoms with E-state index in [-0.39, 0.29) is 5.92 Å². The summed E-state index contributed by atoms with van der Waals surface area (Å²) in [5.74, 6) is 1.51. The zero-order chi connectivity index (χ0) is 10.5. The van der Waals surface area contributed by atoms with Gasteiger partial charge in [-0.25, -0.2) is 0 Å². The fourth-order valence-electron chi connectivity index (χ4n) is 1.99. The Morgan fingerprint density at radius 3 is 3.13 bits per heavy atom. The van der Waals surface area contributed by atoms with Crippen molar-refractivity contribution in [2.45, 2.75) is 32.3 Å². The first-order valence-electron chi connectivity index (χ1n) is 5.49. The maximum atomic E-state index is 11.3. The Morgan fingerprint density at radius 1 is 1.53 bits per heavy atom. The smallest absolute Gasteiger partial charge is 0.136 e. The summed E-state index contributed by atoms with van der Waals surface area (Å²) in [7, 11) is 0. The van der Waals surface area contributed by atoms with Crippen LogP contribution in [0.25, 0.3) is 0 Å². The number of hydrogen-bond acceptors (Lipinski definition) is 3. The SMILES string of the molecule is O=C1CCCC1CCOCc1ccco1. The lowest BCUT2D eigenvalue weighted by Gasteiger charge is -2.07. The average molecular weight is 208 g/mol. The third kappa shape index (κ3) is 2.93. The summed E-state index contributed by atoms with van der Waals surface area (Å²) in [6, 6.07) is 3.74. The topological polar surface area (TPSA) is 39.4 Å². The molecule has 0 N–H and O–H groups in total. The monoisotopic (exact) mass is 208 g/mol. The lowest BCUT2D eigenvalue weighted by molar-refractivity contribution is -0.121. The van der Waals surface area contributed by atoms with Crippen molar-refractivity contribution in [3.05, 3.63) is 24.2 Å². The highest BCUT2D eigenvalue weighted by Crippen LogP contribution is 2.24. The summed E-state index contributed by atoms with van der Waals surface area (Å²) in [4.78, 5) is 11.3. The molecule has 0 bridgehead atoms. The second-order valence-corrected chi connectivity index (χ2v) is 3.98. The second-order valence-electron chi connectivity index (χ2n) is 3.98. The molecule has 0 aromatic carbocycles. The Labute approximate surface area is 89.4 Å². The molecular weight excluding hydrogens is 192 g/mol. The van der Waals surface area contributed by atoms with E-state index in [2.05, 4.69) is 0 Å². The highest BCUT2D eigenvalue weighted by Gasteiger charge is 2.23. The van der Waals surface area contributed by atoms with Crippen LogP contribution in [0.3, 0.4) is 0 Å². The van der Waals surface area contributed by atoms with E-state index in [1.54, 1.807) is 6.26 Å². The van der Waals surface area contributed by atoms with Crippen LogP contribution >= 0.6 is 0 Å². The van der Waals surface area contributed by atoms with Gasteiger partial charge in [0.05, 0.1) is 6.26 Å². The van der Waals surface area contributed by atoms with Gasteiger partial charge in [0.25, 0.3) is 0 Å². The van der Waals surface area contributed by atoms with Crippen LogP contribution in [0.2, 0.25) is 0 Å². The van der Waals surface area contributed by atoms with Crippen LogP contribution in [-0.2, 0) is 16.1 Å². The van der Waals surface area contributed by atoms with Gasteiger partial charge in [-0.05, 0) is 31.4 Å². The summed E-state index contributed by atoms with van der Waals surface area (Å²) in [5, 5.41) is 0. The number of hydrogen-bond donors (Lipinski definition) is 0. The van der Waals surface area contributed by atoms with E-state index in [0.29, 0.717) is 19.0 Å². The van der Waals surface area contributed by atoms with Crippen LogP contribution in [0, 0.1) is 5.92 Å². The summed E-state index contributed by atoms with van der Waals surface area (Å²) in [5.41, 5.74) is 0. The molecule has 3 nitrogen and oxygen atoms in total. The van der Waals surface area contributed by atoms with Gasteiger partial charge in [-0.2, -0.15) is 0 Å². The van der Waals surface area contributed by atoms with Gasteiger partial charge in [-0.1, -0.05) is 0 Å². The molecule has 1 unspecified atom stereocenters. The predicted molar refractivity (Wildman–Crippen MR) is 55.3 cm³/mol. The molecule has 1 aliphatic carbocycles. The molecule has 1 aromatic rings. The number of ether oxygens (including phenoxy) is 1. The van der Waals surface area contributed by atoms with E-state index in [9.17, 15) is 4.79 Å². The number of Topliss-reactive ketones (excluding diaryl/α,β-unsaturated/α-hetero) is 1. The van der Waals surface area contributed by atoms with Crippen molar-refractivity contribution < 1.29 is 13.9 Å². The third-order valence-corrected chi connectivity index (χ3v) is 2.87. The molecule has 15 heavy (non-hydrogen) atoms. The molecule has 82 valence electrons. The first kappa shape index (κ1) is 10.4. The fourth-order valence-corrected chi connectivity index (χ4v) is 1.99. The van der Waals surface area contributed by atoms with E-state index in [4.69, 9.17) is 9.15 Å². The summed E-state index contributed by atoms with van der Waals surface area (Å²) in [6.07, 6.45) is 5.37. The first-order valence-corrected chi connectivity index (χ1v) is 5.49. The molecule has 0 aliphatic heterocycles. The van der Waals surface area contributed by atoms with Crippen molar-refractivity contribution in [2.75, 3.05) is 6.61 Å². The first-order chi connectivity index (χ1) is 7.36. The molecule has 1 aromatic heterocycles. The van der Waals surface area contributed by atoms with Crippen LogP contribution in [0.15, 0.2) is 22.8 Å². The van der Waals surface area contributed by atoms with E-state index < -0.39 is 0 Å². The Balaban J connectivity index is 1.61. The van der Waals surface area contributed by atoms with Crippen LogP contribution < -0.4 is 0 Å². The van der Waals surface area contributed by atoms with Crippen molar-refractivity contribution in [2.24, 2.45) is 5.92 Å². The molecule has 1 atom stereocenters. The van der Waals surface area contributed by atoms with Gasteiger partial charge in [0, 0.05) is 18.9 Å². The maximum absolute atomic E-state index is 11.3. The molecule has 0 saturated heterocycles. The number of ketones is 1. The lowest BCUT2D eigenvalue weighted by atomic mass is 10.0. The van der Waals surface area contributed by atoms with E-state index >= 15 is 0 Å². The van der Waals surface area contributed by atoms with E-state index in [1.807, 2.05) is 12.1 Å². The Bertz CT molecular complexity index is 303. The van der Waals surface area contributed by atoms with Crippen molar-refractivity contribution in [3.63, 3.8) is 0 Å². The highest BCUT2D eigenvalue weighted by atomic mass is 16.5. The molecule has 1 fully saturated rings. The fraction of sp³-hybridized carbons (Fsp3) is 0.583. The van der Waals surface area contributed by atoms with Gasteiger partial charge < -0.3 is 9.15 Å². The normalized spacial score (nSPS) is 21.1. The average Bonchev–Trinajstić information content (AvgIpc) is 2.85. The Morgan fingerprint density at radius 2 is 2.47 bits per heavy atom. The Kier molecular flexibility index (Phi) is 3.56. The van der Waals surface area contributed by atoms with Gasteiger partial charge in [-0.15, -0.1) is 0 Å². The predicted octanol–water partition coefficient (Wildman–Crippen LogP) is 2.56.